The fourth-order valence-corrected chi connectivity index (χ4v) is 2.65. The van der Waals surface area contributed by atoms with Gasteiger partial charge in [-0.25, -0.2) is 4.39 Å². The number of hydrogen-bond donors (Lipinski definition) is 1. The van der Waals surface area contributed by atoms with Gasteiger partial charge in [-0.2, -0.15) is 0 Å². The number of halogens is 1. The van der Waals surface area contributed by atoms with Crippen LogP contribution in [0.15, 0.2) is 18.2 Å². The Kier molecular flexibility index (Phi) is 3.78. The first-order valence-corrected chi connectivity index (χ1v) is 7.07. The van der Waals surface area contributed by atoms with Crippen LogP contribution in [-0.2, 0) is 9.59 Å². The van der Waals surface area contributed by atoms with Gasteiger partial charge < -0.3 is 5.32 Å². The molecule has 1 heterocycles. The quantitative estimate of drug-likeness (QED) is 0.910. The average Bonchev–Trinajstić information content (AvgIpc) is 2.33. The lowest BCUT2D eigenvalue weighted by atomic mass is 9.91. The summed E-state index contributed by atoms with van der Waals surface area (Å²) in [5, 5.41) is 2.71. The molecule has 5 heteroatoms. The minimum atomic E-state index is -1.04. The van der Waals surface area contributed by atoms with Gasteiger partial charge in [0, 0.05) is 0 Å². The summed E-state index contributed by atoms with van der Waals surface area (Å²) in [7, 11) is 0. The standard InChI is InChI=1S/C16H21FN2O2/c1-9(2)13-14(20)18-16(4,5)15(21)19(13)12-7-6-10(3)8-11(12)17/h6-9,13H,1-5H3,(H,18,20). The summed E-state index contributed by atoms with van der Waals surface area (Å²) in [4.78, 5) is 26.3. The summed E-state index contributed by atoms with van der Waals surface area (Å²) in [5.74, 6) is -1.16. The van der Waals surface area contributed by atoms with Crippen LogP contribution in [0, 0.1) is 18.7 Å². The third-order valence-corrected chi connectivity index (χ3v) is 3.73. The molecule has 114 valence electrons. The fourth-order valence-electron chi connectivity index (χ4n) is 2.65. The van der Waals surface area contributed by atoms with Gasteiger partial charge in [0.2, 0.25) is 5.91 Å². The predicted molar refractivity (Wildman–Crippen MR) is 79.5 cm³/mol. The van der Waals surface area contributed by atoms with Crippen molar-refractivity contribution in [3.8, 4) is 0 Å². The van der Waals surface area contributed by atoms with Gasteiger partial charge in [-0.15, -0.1) is 0 Å². The molecule has 0 bridgehead atoms. The number of carbonyl (C=O) groups is 2. The fraction of sp³-hybridized carbons (Fsp3) is 0.500. The Bertz CT molecular complexity index is 596. The Balaban J connectivity index is 2.58. The zero-order valence-corrected chi connectivity index (χ0v) is 13.0. The van der Waals surface area contributed by atoms with Crippen LogP contribution in [0.2, 0.25) is 0 Å². The van der Waals surface area contributed by atoms with E-state index in [1.165, 1.54) is 11.0 Å². The molecule has 0 saturated carbocycles. The maximum Gasteiger partial charge on any atom is 0.253 e. The molecule has 1 fully saturated rings. The predicted octanol–water partition coefficient (Wildman–Crippen LogP) is 2.40. The van der Waals surface area contributed by atoms with Crippen molar-refractivity contribution in [2.24, 2.45) is 5.92 Å². The van der Waals surface area contributed by atoms with E-state index >= 15 is 0 Å². The van der Waals surface area contributed by atoms with Crippen molar-refractivity contribution in [3.05, 3.63) is 29.6 Å². The summed E-state index contributed by atoms with van der Waals surface area (Å²) in [6.07, 6.45) is 0. The zero-order valence-electron chi connectivity index (χ0n) is 13.0. The van der Waals surface area contributed by atoms with Crippen LogP contribution < -0.4 is 10.2 Å². The molecule has 1 atom stereocenters. The van der Waals surface area contributed by atoms with E-state index in [4.69, 9.17) is 0 Å². The Labute approximate surface area is 124 Å². The molecule has 0 aliphatic carbocycles. The van der Waals surface area contributed by atoms with Crippen LogP contribution in [0.25, 0.3) is 0 Å². The third kappa shape index (κ3) is 2.64. The highest BCUT2D eigenvalue weighted by atomic mass is 19.1. The number of amides is 2. The summed E-state index contributed by atoms with van der Waals surface area (Å²) in [6.45, 7) is 8.72. The number of nitrogens with one attached hydrogen (secondary N) is 1. The molecule has 1 aromatic carbocycles. The van der Waals surface area contributed by atoms with Crippen LogP contribution in [0.5, 0.6) is 0 Å². The van der Waals surface area contributed by atoms with Crippen molar-refractivity contribution in [2.45, 2.75) is 46.2 Å². The molecule has 4 nitrogen and oxygen atoms in total. The molecule has 2 rings (SSSR count). The first-order valence-electron chi connectivity index (χ1n) is 7.07. The first-order chi connectivity index (χ1) is 9.65. The Hall–Kier alpha value is -1.91. The maximum atomic E-state index is 14.3. The maximum absolute atomic E-state index is 14.3. The van der Waals surface area contributed by atoms with Crippen molar-refractivity contribution in [1.29, 1.82) is 0 Å². The van der Waals surface area contributed by atoms with Crippen molar-refractivity contribution in [3.63, 3.8) is 0 Å². The lowest BCUT2D eigenvalue weighted by Crippen LogP contribution is -2.69. The normalized spacial score (nSPS) is 21.7. The van der Waals surface area contributed by atoms with Gasteiger partial charge in [0.1, 0.15) is 17.4 Å². The molecule has 2 amide bonds. The van der Waals surface area contributed by atoms with Crippen LogP contribution in [-0.4, -0.2) is 23.4 Å². The van der Waals surface area contributed by atoms with Crippen LogP contribution in [0.1, 0.15) is 33.3 Å². The van der Waals surface area contributed by atoms with E-state index in [9.17, 15) is 14.0 Å². The molecule has 21 heavy (non-hydrogen) atoms. The molecule has 1 unspecified atom stereocenters. The summed E-state index contributed by atoms with van der Waals surface area (Å²) in [5.41, 5.74) is -0.113. The summed E-state index contributed by atoms with van der Waals surface area (Å²) < 4.78 is 14.3. The molecule has 0 radical (unpaired) electrons. The molecule has 1 saturated heterocycles. The lowest BCUT2D eigenvalue weighted by molar-refractivity contribution is -0.138. The van der Waals surface area contributed by atoms with Crippen molar-refractivity contribution in [1.82, 2.24) is 5.32 Å². The molecule has 1 N–H and O–H groups in total. The van der Waals surface area contributed by atoms with E-state index in [0.29, 0.717) is 0 Å². The van der Waals surface area contributed by atoms with E-state index in [2.05, 4.69) is 5.32 Å². The van der Waals surface area contributed by atoms with Gasteiger partial charge in [0.25, 0.3) is 5.91 Å². The third-order valence-electron chi connectivity index (χ3n) is 3.73. The summed E-state index contributed by atoms with van der Waals surface area (Å²) >= 11 is 0. The highest BCUT2D eigenvalue weighted by Gasteiger charge is 2.47. The first kappa shape index (κ1) is 15.5. The van der Waals surface area contributed by atoms with Crippen LogP contribution in [0.4, 0.5) is 10.1 Å². The Morgan fingerprint density at radius 2 is 1.90 bits per heavy atom. The van der Waals surface area contributed by atoms with Crippen molar-refractivity contribution < 1.29 is 14.0 Å². The minimum Gasteiger partial charge on any atom is -0.340 e. The van der Waals surface area contributed by atoms with Crippen LogP contribution in [0.3, 0.4) is 0 Å². The second-order valence-electron chi connectivity index (χ2n) is 6.43. The van der Waals surface area contributed by atoms with Gasteiger partial charge in [0.15, 0.2) is 0 Å². The van der Waals surface area contributed by atoms with E-state index < -0.39 is 17.4 Å². The second-order valence-corrected chi connectivity index (χ2v) is 6.43. The summed E-state index contributed by atoms with van der Waals surface area (Å²) in [6, 6.07) is 3.97. The molecule has 1 aliphatic rings. The number of piperazine rings is 1. The highest BCUT2D eigenvalue weighted by Crippen LogP contribution is 2.31. The number of hydrogen-bond acceptors (Lipinski definition) is 2. The zero-order chi connectivity index (χ0) is 15.9. The molecule has 1 aromatic rings. The van der Waals surface area contributed by atoms with Gasteiger partial charge in [-0.3, -0.25) is 14.5 Å². The topological polar surface area (TPSA) is 49.4 Å². The van der Waals surface area contributed by atoms with E-state index in [1.54, 1.807) is 32.9 Å². The number of carbonyl (C=O) groups excluding carboxylic acids is 2. The second kappa shape index (κ2) is 5.13. The smallest absolute Gasteiger partial charge is 0.253 e. The Morgan fingerprint density at radius 3 is 2.43 bits per heavy atom. The number of benzene rings is 1. The van der Waals surface area contributed by atoms with Gasteiger partial charge >= 0.3 is 0 Å². The van der Waals surface area contributed by atoms with Gasteiger partial charge in [-0.05, 0) is 44.4 Å². The number of rotatable bonds is 2. The molecular formula is C16H21FN2O2. The molecule has 1 aliphatic heterocycles. The number of aryl methyl sites for hydroxylation is 1. The number of anilines is 1. The monoisotopic (exact) mass is 292 g/mol. The minimum absolute atomic E-state index is 0.120. The van der Waals surface area contributed by atoms with Crippen LogP contribution >= 0.6 is 0 Å². The van der Waals surface area contributed by atoms with E-state index in [-0.39, 0.29) is 23.4 Å². The van der Waals surface area contributed by atoms with Gasteiger partial charge in [0.05, 0.1) is 5.69 Å². The molecule has 0 aromatic heterocycles. The van der Waals surface area contributed by atoms with Gasteiger partial charge in [-0.1, -0.05) is 19.9 Å². The van der Waals surface area contributed by atoms with E-state index in [1.807, 2.05) is 13.8 Å². The largest absolute Gasteiger partial charge is 0.340 e. The SMILES string of the molecule is Cc1ccc(N2C(=O)C(C)(C)NC(=O)C2C(C)C)c(F)c1. The van der Waals surface area contributed by atoms with Crippen molar-refractivity contribution in [2.75, 3.05) is 4.90 Å². The van der Waals surface area contributed by atoms with E-state index in [0.717, 1.165) is 5.56 Å². The molecular weight excluding hydrogens is 271 g/mol. The highest BCUT2D eigenvalue weighted by molar-refractivity contribution is 6.10. The van der Waals surface area contributed by atoms with Crippen molar-refractivity contribution >= 4 is 17.5 Å². The number of nitrogens with zero attached hydrogens (tertiary/aromatic N) is 1. The average molecular weight is 292 g/mol. The Morgan fingerprint density at radius 1 is 1.29 bits per heavy atom. The molecule has 0 spiro atoms. The lowest BCUT2D eigenvalue weighted by Gasteiger charge is -2.44.